The zero-order valence-electron chi connectivity index (χ0n) is 9.79. The van der Waals surface area contributed by atoms with Crippen molar-refractivity contribution in [1.29, 1.82) is 0 Å². The van der Waals surface area contributed by atoms with Gasteiger partial charge in [-0.3, -0.25) is 4.98 Å². The van der Waals surface area contributed by atoms with Crippen LogP contribution in [0.2, 0.25) is 0 Å². The molecule has 1 aromatic rings. The number of hydrogen-bond donors (Lipinski definition) is 1. The summed E-state index contributed by atoms with van der Waals surface area (Å²) in [5.74, 6) is 0.542. The van der Waals surface area contributed by atoms with Crippen LogP contribution in [0.5, 0.6) is 0 Å². The number of pyridine rings is 1. The molecule has 0 spiro atoms. The Morgan fingerprint density at radius 3 is 2.87 bits per heavy atom. The Bertz CT molecular complexity index is 271. The van der Waals surface area contributed by atoms with E-state index in [-0.39, 0.29) is 0 Å². The van der Waals surface area contributed by atoms with Gasteiger partial charge in [0.05, 0.1) is 5.69 Å². The van der Waals surface area contributed by atoms with Crippen LogP contribution in [0.1, 0.15) is 18.2 Å². The Morgan fingerprint density at radius 2 is 2.27 bits per heavy atom. The Hall–Kier alpha value is -0.930. The van der Waals surface area contributed by atoms with Gasteiger partial charge in [0.15, 0.2) is 0 Å². The van der Waals surface area contributed by atoms with Crippen LogP contribution in [0.25, 0.3) is 0 Å². The Morgan fingerprint density at radius 1 is 1.47 bits per heavy atom. The maximum absolute atomic E-state index is 5.07. The summed E-state index contributed by atoms with van der Waals surface area (Å²) in [6, 6.07) is 4.14. The number of nitrogens with zero attached hydrogens (tertiary/aromatic N) is 1. The van der Waals surface area contributed by atoms with Gasteiger partial charge in [0, 0.05) is 33.0 Å². The number of aryl methyl sites for hydroxylation is 1. The van der Waals surface area contributed by atoms with E-state index in [0.29, 0.717) is 5.92 Å². The minimum absolute atomic E-state index is 0.542. The van der Waals surface area contributed by atoms with Crippen LogP contribution < -0.4 is 5.32 Å². The molecule has 0 aliphatic heterocycles. The highest BCUT2D eigenvalue weighted by atomic mass is 16.5. The first-order valence-corrected chi connectivity index (χ1v) is 5.33. The molecule has 0 aliphatic carbocycles. The summed E-state index contributed by atoms with van der Waals surface area (Å²) >= 11 is 0. The van der Waals surface area contributed by atoms with Gasteiger partial charge in [-0.25, -0.2) is 0 Å². The number of nitrogens with one attached hydrogen (secondary N) is 1. The molecule has 0 aromatic carbocycles. The molecule has 84 valence electrons. The Balaban J connectivity index is 2.22. The third-order valence-electron chi connectivity index (χ3n) is 2.22. The summed E-state index contributed by atoms with van der Waals surface area (Å²) in [6.45, 7) is 6.80. The summed E-state index contributed by atoms with van der Waals surface area (Å²) in [6.07, 6.45) is 1.90. The second-order valence-corrected chi connectivity index (χ2v) is 4.02. The number of hydrogen-bond acceptors (Lipinski definition) is 3. The van der Waals surface area contributed by atoms with Crippen LogP contribution in [0.3, 0.4) is 0 Å². The highest BCUT2D eigenvalue weighted by Gasteiger charge is 2.00. The van der Waals surface area contributed by atoms with E-state index in [0.717, 1.165) is 25.4 Å². The Labute approximate surface area is 91.9 Å². The molecule has 1 atom stereocenters. The van der Waals surface area contributed by atoms with Crippen LogP contribution in [0, 0.1) is 12.8 Å². The normalized spacial score (nSPS) is 12.7. The predicted molar refractivity (Wildman–Crippen MR) is 61.7 cm³/mol. The van der Waals surface area contributed by atoms with E-state index in [1.54, 1.807) is 7.11 Å². The molecular weight excluding hydrogens is 188 g/mol. The van der Waals surface area contributed by atoms with Gasteiger partial charge in [-0.1, -0.05) is 13.0 Å². The molecule has 0 saturated heterocycles. The topological polar surface area (TPSA) is 34.1 Å². The van der Waals surface area contributed by atoms with Crippen molar-refractivity contribution in [3.8, 4) is 0 Å². The first-order valence-electron chi connectivity index (χ1n) is 5.33. The lowest BCUT2D eigenvalue weighted by molar-refractivity contribution is 0.158. The zero-order chi connectivity index (χ0) is 11.1. The van der Waals surface area contributed by atoms with Crippen molar-refractivity contribution < 1.29 is 4.74 Å². The van der Waals surface area contributed by atoms with E-state index >= 15 is 0 Å². The van der Waals surface area contributed by atoms with Crippen LogP contribution in [0.4, 0.5) is 0 Å². The second-order valence-electron chi connectivity index (χ2n) is 4.02. The first kappa shape index (κ1) is 12.1. The van der Waals surface area contributed by atoms with E-state index in [9.17, 15) is 0 Å². The van der Waals surface area contributed by atoms with Crippen molar-refractivity contribution in [2.45, 2.75) is 20.4 Å². The van der Waals surface area contributed by atoms with Crippen LogP contribution in [-0.2, 0) is 11.3 Å². The monoisotopic (exact) mass is 208 g/mol. The van der Waals surface area contributed by atoms with E-state index in [2.05, 4.69) is 29.4 Å². The van der Waals surface area contributed by atoms with Crippen molar-refractivity contribution in [1.82, 2.24) is 10.3 Å². The average molecular weight is 208 g/mol. The van der Waals surface area contributed by atoms with E-state index in [4.69, 9.17) is 4.74 Å². The highest BCUT2D eigenvalue weighted by Crippen LogP contribution is 1.99. The van der Waals surface area contributed by atoms with Crippen LogP contribution in [-0.4, -0.2) is 25.2 Å². The SMILES string of the molecule is COCC(C)CNCc1ccc(C)cn1. The lowest BCUT2D eigenvalue weighted by Crippen LogP contribution is -2.23. The quantitative estimate of drug-likeness (QED) is 0.773. The van der Waals surface area contributed by atoms with Crippen LogP contribution >= 0.6 is 0 Å². The molecule has 0 saturated carbocycles. The maximum Gasteiger partial charge on any atom is 0.0541 e. The van der Waals surface area contributed by atoms with Gasteiger partial charge >= 0.3 is 0 Å². The van der Waals surface area contributed by atoms with Crippen LogP contribution in [0.15, 0.2) is 18.3 Å². The lowest BCUT2D eigenvalue weighted by atomic mass is 10.2. The van der Waals surface area contributed by atoms with Gasteiger partial charge in [0.1, 0.15) is 0 Å². The van der Waals surface area contributed by atoms with Crippen molar-refractivity contribution in [2.75, 3.05) is 20.3 Å². The van der Waals surface area contributed by atoms with Gasteiger partial charge in [0.2, 0.25) is 0 Å². The molecule has 1 aromatic heterocycles. The first-order chi connectivity index (χ1) is 7.22. The maximum atomic E-state index is 5.07. The third-order valence-corrected chi connectivity index (χ3v) is 2.22. The summed E-state index contributed by atoms with van der Waals surface area (Å²) < 4.78 is 5.07. The van der Waals surface area contributed by atoms with Crippen molar-refractivity contribution >= 4 is 0 Å². The van der Waals surface area contributed by atoms with Gasteiger partial charge in [-0.05, 0) is 24.5 Å². The molecule has 3 heteroatoms. The van der Waals surface area contributed by atoms with E-state index < -0.39 is 0 Å². The standard InChI is InChI=1S/C12H20N2O/c1-10-4-5-12(14-7-10)8-13-6-11(2)9-15-3/h4-5,7,11,13H,6,8-9H2,1-3H3. The number of rotatable bonds is 6. The smallest absolute Gasteiger partial charge is 0.0541 e. The molecular formula is C12H20N2O. The predicted octanol–water partition coefficient (Wildman–Crippen LogP) is 1.76. The lowest BCUT2D eigenvalue weighted by Gasteiger charge is -2.10. The number of ether oxygens (including phenoxy) is 1. The highest BCUT2D eigenvalue weighted by molar-refractivity contribution is 5.11. The fourth-order valence-corrected chi connectivity index (χ4v) is 1.39. The molecule has 1 N–H and O–H groups in total. The molecule has 0 amide bonds. The molecule has 0 bridgehead atoms. The summed E-state index contributed by atoms with van der Waals surface area (Å²) in [5, 5.41) is 3.36. The molecule has 0 aliphatic rings. The zero-order valence-corrected chi connectivity index (χ0v) is 9.79. The van der Waals surface area contributed by atoms with E-state index in [1.165, 1.54) is 5.56 Å². The molecule has 3 nitrogen and oxygen atoms in total. The molecule has 15 heavy (non-hydrogen) atoms. The summed E-state index contributed by atoms with van der Waals surface area (Å²) in [7, 11) is 1.73. The second kappa shape index (κ2) is 6.53. The van der Waals surface area contributed by atoms with Crippen molar-refractivity contribution in [3.63, 3.8) is 0 Å². The average Bonchev–Trinajstić information content (AvgIpc) is 2.21. The molecule has 1 rings (SSSR count). The number of methoxy groups -OCH3 is 1. The third kappa shape index (κ3) is 4.91. The molecule has 1 unspecified atom stereocenters. The Kier molecular flexibility index (Phi) is 5.29. The summed E-state index contributed by atoms with van der Waals surface area (Å²) in [4.78, 5) is 4.33. The minimum Gasteiger partial charge on any atom is -0.384 e. The fraction of sp³-hybridized carbons (Fsp3) is 0.583. The van der Waals surface area contributed by atoms with Crippen molar-refractivity contribution in [2.24, 2.45) is 5.92 Å². The van der Waals surface area contributed by atoms with Gasteiger partial charge in [-0.15, -0.1) is 0 Å². The molecule has 0 radical (unpaired) electrons. The number of aromatic nitrogens is 1. The van der Waals surface area contributed by atoms with Gasteiger partial charge in [0.25, 0.3) is 0 Å². The summed E-state index contributed by atoms with van der Waals surface area (Å²) in [5.41, 5.74) is 2.29. The van der Waals surface area contributed by atoms with Gasteiger partial charge < -0.3 is 10.1 Å². The largest absolute Gasteiger partial charge is 0.384 e. The fourth-order valence-electron chi connectivity index (χ4n) is 1.39. The van der Waals surface area contributed by atoms with E-state index in [1.807, 2.05) is 13.1 Å². The minimum atomic E-state index is 0.542. The van der Waals surface area contributed by atoms with Gasteiger partial charge in [-0.2, -0.15) is 0 Å². The molecule has 1 heterocycles. The van der Waals surface area contributed by atoms with Crippen molar-refractivity contribution in [3.05, 3.63) is 29.6 Å². The molecule has 0 fully saturated rings.